The second-order valence-electron chi connectivity index (χ2n) is 7.48. The van der Waals surface area contributed by atoms with Crippen LogP contribution in [-0.4, -0.2) is 65.5 Å². The van der Waals surface area contributed by atoms with E-state index in [1.54, 1.807) is 13.8 Å². The van der Waals surface area contributed by atoms with Crippen molar-refractivity contribution in [2.75, 3.05) is 18.6 Å². The quantitative estimate of drug-likeness (QED) is 0.285. The van der Waals surface area contributed by atoms with Crippen LogP contribution in [0.5, 0.6) is 0 Å². The number of carboxylic acids is 1. The summed E-state index contributed by atoms with van der Waals surface area (Å²) < 4.78 is 0. The second-order valence-corrected chi connectivity index (χ2v) is 8.47. The van der Waals surface area contributed by atoms with Crippen molar-refractivity contribution in [1.82, 2.24) is 16.0 Å². The van der Waals surface area contributed by atoms with E-state index in [9.17, 15) is 24.3 Å². The Labute approximate surface area is 186 Å². The van der Waals surface area contributed by atoms with Crippen LogP contribution in [0.1, 0.15) is 25.8 Å². The van der Waals surface area contributed by atoms with Crippen LogP contribution < -0.4 is 21.7 Å². The SMILES string of the molecule is CSCCC(NC(=O)CNC(=O)C(NC(=O)C(N)Cc1ccccc1)C(C)C)C(=O)O. The van der Waals surface area contributed by atoms with Crippen molar-refractivity contribution in [3.8, 4) is 0 Å². The summed E-state index contributed by atoms with van der Waals surface area (Å²) in [4.78, 5) is 48.3. The predicted octanol–water partition coefficient (Wildman–Crippen LogP) is 0.136. The first-order valence-electron chi connectivity index (χ1n) is 10.0. The number of amides is 3. The second kappa shape index (κ2) is 13.7. The molecule has 0 heterocycles. The third-order valence-electron chi connectivity index (χ3n) is 4.55. The number of carboxylic acid groups (broad SMARTS) is 1. The average molecular weight is 453 g/mol. The molecule has 0 saturated carbocycles. The molecule has 0 aliphatic heterocycles. The van der Waals surface area contributed by atoms with E-state index in [1.807, 2.05) is 36.6 Å². The number of nitrogens with one attached hydrogen (secondary N) is 3. The molecule has 172 valence electrons. The van der Waals surface area contributed by atoms with Crippen LogP contribution in [-0.2, 0) is 25.6 Å². The van der Waals surface area contributed by atoms with Crippen LogP contribution in [0.2, 0.25) is 0 Å². The zero-order valence-corrected chi connectivity index (χ0v) is 18.9. The summed E-state index contributed by atoms with van der Waals surface area (Å²) in [6.07, 6.45) is 2.45. The average Bonchev–Trinajstić information content (AvgIpc) is 2.73. The minimum atomic E-state index is -1.13. The molecule has 0 radical (unpaired) electrons. The van der Waals surface area contributed by atoms with E-state index in [0.717, 1.165) is 5.56 Å². The lowest BCUT2D eigenvalue weighted by molar-refractivity contribution is -0.141. The maximum Gasteiger partial charge on any atom is 0.326 e. The van der Waals surface area contributed by atoms with Crippen molar-refractivity contribution in [2.24, 2.45) is 11.7 Å². The van der Waals surface area contributed by atoms with Crippen LogP contribution >= 0.6 is 11.8 Å². The van der Waals surface area contributed by atoms with Crippen LogP contribution in [0.15, 0.2) is 30.3 Å². The van der Waals surface area contributed by atoms with Crippen LogP contribution in [0.25, 0.3) is 0 Å². The molecule has 6 N–H and O–H groups in total. The van der Waals surface area contributed by atoms with Gasteiger partial charge in [-0.05, 0) is 36.3 Å². The minimum Gasteiger partial charge on any atom is -0.480 e. The lowest BCUT2D eigenvalue weighted by Crippen LogP contribution is -2.55. The molecule has 31 heavy (non-hydrogen) atoms. The van der Waals surface area contributed by atoms with Gasteiger partial charge in [0.05, 0.1) is 12.6 Å². The Balaban J connectivity index is 2.59. The number of thioether (sulfide) groups is 1. The summed E-state index contributed by atoms with van der Waals surface area (Å²) in [5.41, 5.74) is 6.88. The fraction of sp³-hybridized carbons (Fsp3) is 0.524. The lowest BCUT2D eigenvalue weighted by Gasteiger charge is -2.23. The highest BCUT2D eigenvalue weighted by Crippen LogP contribution is 2.06. The first-order valence-corrected chi connectivity index (χ1v) is 11.4. The Bertz CT molecular complexity index is 745. The molecule has 0 spiro atoms. The number of nitrogens with two attached hydrogens (primary N) is 1. The van der Waals surface area contributed by atoms with E-state index in [4.69, 9.17) is 5.73 Å². The monoisotopic (exact) mass is 452 g/mol. The number of carbonyl (C=O) groups is 4. The van der Waals surface area contributed by atoms with Crippen molar-refractivity contribution in [3.05, 3.63) is 35.9 Å². The van der Waals surface area contributed by atoms with E-state index >= 15 is 0 Å². The van der Waals surface area contributed by atoms with Gasteiger partial charge in [0.15, 0.2) is 0 Å². The summed E-state index contributed by atoms with van der Waals surface area (Å²) in [5.74, 6) is -2.42. The molecule has 0 bridgehead atoms. The molecule has 9 nitrogen and oxygen atoms in total. The molecule has 0 aliphatic carbocycles. The predicted molar refractivity (Wildman–Crippen MR) is 120 cm³/mol. The molecular formula is C21H32N4O5S. The molecular weight excluding hydrogens is 420 g/mol. The van der Waals surface area contributed by atoms with E-state index in [1.165, 1.54) is 11.8 Å². The molecule has 0 saturated heterocycles. The van der Waals surface area contributed by atoms with E-state index in [0.29, 0.717) is 12.2 Å². The molecule has 0 aliphatic rings. The van der Waals surface area contributed by atoms with Gasteiger partial charge in [0, 0.05) is 0 Å². The van der Waals surface area contributed by atoms with Gasteiger partial charge < -0.3 is 26.8 Å². The Hall–Kier alpha value is -2.59. The Morgan fingerprint density at radius 3 is 2.26 bits per heavy atom. The lowest BCUT2D eigenvalue weighted by atomic mass is 10.0. The molecule has 0 aromatic heterocycles. The van der Waals surface area contributed by atoms with Gasteiger partial charge in [-0.2, -0.15) is 11.8 Å². The van der Waals surface area contributed by atoms with Crippen molar-refractivity contribution < 1.29 is 24.3 Å². The van der Waals surface area contributed by atoms with Crippen LogP contribution in [0, 0.1) is 5.92 Å². The summed E-state index contributed by atoms with van der Waals surface area (Å²) in [7, 11) is 0. The molecule has 3 atom stereocenters. The Morgan fingerprint density at radius 1 is 1.06 bits per heavy atom. The minimum absolute atomic E-state index is 0.246. The van der Waals surface area contributed by atoms with Crippen LogP contribution in [0.3, 0.4) is 0 Å². The van der Waals surface area contributed by atoms with Gasteiger partial charge in [-0.1, -0.05) is 44.2 Å². The van der Waals surface area contributed by atoms with E-state index in [2.05, 4.69) is 16.0 Å². The third kappa shape index (κ3) is 9.84. The first kappa shape index (κ1) is 26.4. The van der Waals surface area contributed by atoms with Gasteiger partial charge in [-0.3, -0.25) is 14.4 Å². The fourth-order valence-corrected chi connectivity index (χ4v) is 3.24. The molecule has 0 fully saturated rings. The number of hydrogen-bond acceptors (Lipinski definition) is 6. The van der Waals surface area contributed by atoms with Crippen molar-refractivity contribution in [3.63, 3.8) is 0 Å². The number of carbonyl (C=O) groups excluding carboxylic acids is 3. The molecule has 1 aromatic carbocycles. The Morgan fingerprint density at radius 2 is 1.71 bits per heavy atom. The maximum atomic E-state index is 12.5. The number of rotatable bonds is 13. The smallest absolute Gasteiger partial charge is 0.326 e. The maximum absolute atomic E-state index is 12.5. The first-order chi connectivity index (χ1) is 14.6. The van der Waals surface area contributed by atoms with Gasteiger partial charge in [-0.15, -0.1) is 0 Å². The van der Waals surface area contributed by atoms with Crippen LogP contribution in [0.4, 0.5) is 0 Å². The number of aliphatic carboxylic acids is 1. The normalized spacial score (nSPS) is 13.7. The van der Waals surface area contributed by atoms with Crippen molar-refractivity contribution in [2.45, 2.75) is 44.8 Å². The molecule has 3 unspecified atom stereocenters. The summed E-state index contributed by atoms with van der Waals surface area (Å²) >= 11 is 1.47. The topological polar surface area (TPSA) is 151 Å². The zero-order valence-electron chi connectivity index (χ0n) is 18.1. The van der Waals surface area contributed by atoms with E-state index in [-0.39, 0.29) is 12.3 Å². The molecule has 10 heteroatoms. The number of hydrogen-bond donors (Lipinski definition) is 5. The van der Waals surface area contributed by atoms with Gasteiger partial charge in [-0.25, -0.2) is 4.79 Å². The van der Waals surface area contributed by atoms with Gasteiger partial charge in [0.25, 0.3) is 0 Å². The van der Waals surface area contributed by atoms with E-state index < -0.39 is 48.4 Å². The van der Waals surface area contributed by atoms with Crippen molar-refractivity contribution >= 4 is 35.5 Å². The largest absolute Gasteiger partial charge is 0.480 e. The van der Waals surface area contributed by atoms with Gasteiger partial charge in [0.1, 0.15) is 12.1 Å². The molecule has 1 rings (SSSR count). The number of benzene rings is 1. The summed E-state index contributed by atoms with van der Waals surface area (Å²) in [6.45, 7) is 3.13. The van der Waals surface area contributed by atoms with Gasteiger partial charge >= 0.3 is 5.97 Å². The molecule has 1 aromatic rings. The standard InChI is InChI=1S/C21H32N4O5S/c1-13(2)18(25-19(27)15(22)11-14-7-5-4-6-8-14)20(28)23-12-17(26)24-16(21(29)30)9-10-31-3/h4-8,13,15-16,18H,9-12,22H2,1-3H3,(H,23,28)(H,24,26)(H,25,27)(H,29,30). The Kier molecular flexibility index (Phi) is 11.7. The zero-order chi connectivity index (χ0) is 23.4. The molecule has 3 amide bonds. The summed E-state index contributed by atoms with van der Waals surface area (Å²) in [5, 5.41) is 16.7. The highest BCUT2D eigenvalue weighted by molar-refractivity contribution is 7.98. The highest BCUT2D eigenvalue weighted by atomic mass is 32.2. The van der Waals surface area contributed by atoms with Gasteiger partial charge in [0.2, 0.25) is 17.7 Å². The summed E-state index contributed by atoms with van der Waals surface area (Å²) in [6, 6.07) is 6.57. The third-order valence-corrected chi connectivity index (χ3v) is 5.19. The highest BCUT2D eigenvalue weighted by Gasteiger charge is 2.27. The fourth-order valence-electron chi connectivity index (χ4n) is 2.77. The van der Waals surface area contributed by atoms with Crippen molar-refractivity contribution in [1.29, 1.82) is 0 Å².